The van der Waals surface area contributed by atoms with Crippen LogP contribution in [0.25, 0.3) is 0 Å². The Balaban J connectivity index is 1.79. The molecule has 1 unspecified atom stereocenters. The number of carbonyl (C=O) groups is 2. The summed E-state index contributed by atoms with van der Waals surface area (Å²) >= 11 is 0. The van der Waals surface area contributed by atoms with Crippen LogP contribution in [-0.2, 0) is 16.1 Å². The van der Waals surface area contributed by atoms with Crippen LogP contribution in [0.1, 0.15) is 17.9 Å². The molecule has 7 heteroatoms. The van der Waals surface area contributed by atoms with Crippen LogP contribution in [0.3, 0.4) is 0 Å². The fourth-order valence-corrected chi connectivity index (χ4v) is 2.31. The van der Waals surface area contributed by atoms with Gasteiger partial charge in [-0.3, -0.25) is 9.59 Å². The lowest BCUT2D eigenvalue weighted by Gasteiger charge is -2.19. The number of carbonyl (C=O) groups excluding carboxylic acids is 2. The highest BCUT2D eigenvalue weighted by molar-refractivity contribution is 5.89. The molecule has 0 aromatic carbocycles. The lowest BCUT2D eigenvalue weighted by atomic mass is 10.1. The van der Waals surface area contributed by atoms with E-state index >= 15 is 0 Å². The van der Waals surface area contributed by atoms with Crippen LogP contribution in [0, 0.1) is 12.8 Å². The highest BCUT2D eigenvalue weighted by atomic mass is 16.5. The maximum Gasteiger partial charge on any atom is 0.225 e. The Morgan fingerprint density at radius 2 is 2.33 bits per heavy atom. The summed E-state index contributed by atoms with van der Waals surface area (Å²) in [5.74, 6) is 0.392. The molecule has 2 heterocycles. The maximum absolute atomic E-state index is 12.1. The van der Waals surface area contributed by atoms with Gasteiger partial charge in [-0.15, -0.1) is 0 Å². The van der Waals surface area contributed by atoms with E-state index in [-0.39, 0.29) is 24.2 Å². The van der Waals surface area contributed by atoms with Crippen LogP contribution < -0.4 is 5.32 Å². The van der Waals surface area contributed by atoms with Gasteiger partial charge >= 0.3 is 0 Å². The van der Waals surface area contributed by atoms with Gasteiger partial charge in [-0.25, -0.2) is 0 Å². The van der Waals surface area contributed by atoms with Gasteiger partial charge in [-0.2, -0.15) is 0 Å². The molecule has 1 aliphatic rings. The van der Waals surface area contributed by atoms with Gasteiger partial charge in [0.05, 0.1) is 12.5 Å². The molecule has 1 atom stereocenters. The second-order valence-corrected chi connectivity index (χ2v) is 5.69. The summed E-state index contributed by atoms with van der Waals surface area (Å²) < 4.78 is 4.94. The summed E-state index contributed by atoms with van der Waals surface area (Å²) in [7, 11) is 3.93. The highest BCUT2D eigenvalue weighted by Crippen LogP contribution is 2.17. The molecule has 1 saturated heterocycles. The summed E-state index contributed by atoms with van der Waals surface area (Å²) in [4.78, 5) is 27.8. The van der Waals surface area contributed by atoms with E-state index in [0.29, 0.717) is 31.1 Å². The number of aryl methyl sites for hydroxylation is 1. The number of likely N-dealkylation sites (N-methyl/N-ethyl adjacent to an activating group) is 1. The Bertz CT molecular complexity index is 512. The Morgan fingerprint density at radius 3 is 2.95 bits per heavy atom. The molecule has 2 rings (SSSR count). The first-order chi connectivity index (χ1) is 9.95. The molecule has 1 aromatic heterocycles. The smallest absolute Gasteiger partial charge is 0.225 e. The van der Waals surface area contributed by atoms with Crippen LogP contribution in [0.15, 0.2) is 10.6 Å². The molecule has 2 amide bonds. The van der Waals surface area contributed by atoms with Crippen molar-refractivity contribution in [3.05, 3.63) is 17.5 Å². The zero-order valence-corrected chi connectivity index (χ0v) is 12.8. The number of hydrogen-bond acceptors (Lipinski definition) is 5. The average molecular weight is 294 g/mol. The first-order valence-electron chi connectivity index (χ1n) is 7.08. The van der Waals surface area contributed by atoms with Crippen LogP contribution in [0.4, 0.5) is 0 Å². The van der Waals surface area contributed by atoms with Crippen molar-refractivity contribution < 1.29 is 14.1 Å². The second kappa shape index (κ2) is 6.71. The average Bonchev–Trinajstić information content (AvgIpc) is 3.00. The normalized spacial score (nSPS) is 18.6. The fraction of sp³-hybridized carbons (Fsp3) is 0.643. The van der Waals surface area contributed by atoms with E-state index in [9.17, 15) is 9.59 Å². The Hall–Kier alpha value is -1.89. The van der Waals surface area contributed by atoms with Gasteiger partial charge in [0, 0.05) is 32.1 Å². The van der Waals surface area contributed by atoms with Gasteiger partial charge in [0.25, 0.3) is 0 Å². The van der Waals surface area contributed by atoms with Gasteiger partial charge in [-0.1, -0.05) is 5.16 Å². The van der Waals surface area contributed by atoms with E-state index in [1.54, 1.807) is 17.9 Å². The Kier molecular flexibility index (Phi) is 4.95. The molecule has 0 radical (unpaired) electrons. The van der Waals surface area contributed by atoms with Gasteiger partial charge in [0.1, 0.15) is 11.5 Å². The fourth-order valence-electron chi connectivity index (χ4n) is 2.31. The van der Waals surface area contributed by atoms with Crippen LogP contribution >= 0.6 is 0 Å². The SMILES string of the molecule is Cc1cc(CNC(=O)C2CC(=O)N(CCN(C)C)C2)no1. The minimum Gasteiger partial charge on any atom is -0.361 e. The first-order valence-corrected chi connectivity index (χ1v) is 7.08. The summed E-state index contributed by atoms with van der Waals surface area (Å²) in [5.41, 5.74) is 0.689. The standard InChI is InChI=1S/C14H22N4O3/c1-10-6-12(16-21-10)8-15-14(20)11-7-13(19)18(9-11)5-4-17(2)3/h6,11H,4-5,7-9H2,1-3H3,(H,15,20). The minimum atomic E-state index is -0.271. The molecule has 7 nitrogen and oxygen atoms in total. The van der Waals surface area contributed by atoms with Gasteiger partial charge in [0.2, 0.25) is 11.8 Å². The molecule has 0 bridgehead atoms. The van der Waals surface area contributed by atoms with Crippen molar-refractivity contribution in [3.63, 3.8) is 0 Å². The van der Waals surface area contributed by atoms with Crippen LogP contribution in [-0.4, -0.2) is 60.5 Å². The van der Waals surface area contributed by atoms with E-state index in [4.69, 9.17) is 4.52 Å². The van der Waals surface area contributed by atoms with Gasteiger partial charge in [0.15, 0.2) is 0 Å². The maximum atomic E-state index is 12.1. The molecule has 1 aliphatic heterocycles. The quantitative estimate of drug-likeness (QED) is 0.799. The third-order valence-corrected chi connectivity index (χ3v) is 3.52. The zero-order chi connectivity index (χ0) is 15.4. The summed E-state index contributed by atoms with van der Waals surface area (Å²) in [6.07, 6.45) is 0.289. The molecular weight excluding hydrogens is 272 g/mol. The molecule has 21 heavy (non-hydrogen) atoms. The molecule has 0 spiro atoms. The molecule has 0 aliphatic carbocycles. The van der Waals surface area contributed by atoms with Crippen molar-refractivity contribution in [1.82, 2.24) is 20.3 Å². The molecule has 116 valence electrons. The molecule has 1 fully saturated rings. The van der Waals surface area contributed by atoms with E-state index in [1.807, 2.05) is 19.0 Å². The number of rotatable bonds is 6. The predicted octanol–water partition coefficient (Wildman–Crippen LogP) is 0.00932. The third kappa shape index (κ3) is 4.29. The Labute approximate surface area is 124 Å². The number of nitrogens with zero attached hydrogens (tertiary/aromatic N) is 3. The van der Waals surface area contributed by atoms with Crippen LogP contribution in [0.5, 0.6) is 0 Å². The number of hydrogen-bond donors (Lipinski definition) is 1. The summed E-state index contributed by atoms with van der Waals surface area (Å²) in [5, 5.41) is 6.63. The number of nitrogens with one attached hydrogen (secondary N) is 1. The van der Waals surface area contributed by atoms with E-state index in [0.717, 1.165) is 6.54 Å². The number of aromatic nitrogens is 1. The zero-order valence-electron chi connectivity index (χ0n) is 12.8. The van der Waals surface area contributed by atoms with Crippen molar-refractivity contribution in [2.45, 2.75) is 19.9 Å². The van der Waals surface area contributed by atoms with Crippen molar-refractivity contribution in [3.8, 4) is 0 Å². The van der Waals surface area contributed by atoms with E-state index in [2.05, 4.69) is 10.5 Å². The molecule has 1 aromatic rings. The van der Waals surface area contributed by atoms with Crippen LogP contribution in [0.2, 0.25) is 0 Å². The summed E-state index contributed by atoms with van der Waals surface area (Å²) in [6.45, 7) is 4.10. The lowest BCUT2D eigenvalue weighted by molar-refractivity contribution is -0.129. The van der Waals surface area contributed by atoms with E-state index in [1.165, 1.54) is 0 Å². The number of likely N-dealkylation sites (tertiary alicyclic amines) is 1. The van der Waals surface area contributed by atoms with Crippen molar-refractivity contribution >= 4 is 11.8 Å². The van der Waals surface area contributed by atoms with Crippen molar-refractivity contribution in [2.75, 3.05) is 33.7 Å². The minimum absolute atomic E-state index is 0.0503. The highest BCUT2D eigenvalue weighted by Gasteiger charge is 2.33. The summed E-state index contributed by atoms with van der Waals surface area (Å²) in [6, 6.07) is 1.78. The lowest BCUT2D eigenvalue weighted by Crippen LogP contribution is -2.35. The first kappa shape index (κ1) is 15.5. The van der Waals surface area contributed by atoms with Gasteiger partial charge < -0.3 is 19.6 Å². The third-order valence-electron chi connectivity index (χ3n) is 3.52. The number of amides is 2. The van der Waals surface area contributed by atoms with Crippen molar-refractivity contribution in [1.29, 1.82) is 0 Å². The van der Waals surface area contributed by atoms with E-state index < -0.39 is 0 Å². The predicted molar refractivity (Wildman–Crippen MR) is 76.3 cm³/mol. The Morgan fingerprint density at radius 1 is 1.57 bits per heavy atom. The largest absolute Gasteiger partial charge is 0.361 e. The second-order valence-electron chi connectivity index (χ2n) is 5.69. The monoisotopic (exact) mass is 294 g/mol. The van der Waals surface area contributed by atoms with Gasteiger partial charge in [-0.05, 0) is 21.0 Å². The molecular formula is C14H22N4O3. The topological polar surface area (TPSA) is 78.7 Å². The molecule has 1 N–H and O–H groups in total. The molecule has 0 saturated carbocycles. The van der Waals surface area contributed by atoms with Crippen molar-refractivity contribution in [2.24, 2.45) is 5.92 Å².